The van der Waals surface area contributed by atoms with Gasteiger partial charge in [-0.1, -0.05) is 22.0 Å². The Labute approximate surface area is 131 Å². The maximum Gasteiger partial charge on any atom is 0.159 e. The molecule has 0 saturated carbocycles. The molecule has 3 rings (SSSR count). The first-order chi connectivity index (χ1) is 10.2. The van der Waals surface area contributed by atoms with Crippen LogP contribution in [0.2, 0.25) is 0 Å². The van der Waals surface area contributed by atoms with Crippen LogP contribution in [-0.2, 0) is 4.74 Å². The van der Waals surface area contributed by atoms with E-state index in [0.717, 1.165) is 29.1 Å². The number of hydrogen-bond acceptors (Lipinski definition) is 6. The molecule has 1 fully saturated rings. The van der Waals surface area contributed by atoms with E-state index in [1.807, 2.05) is 24.3 Å². The minimum absolute atomic E-state index is 0.555. The third-order valence-corrected chi connectivity index (χ3v) is 3.75. The van der Waals surface area contributed by atoms with E-state index in [4.69, 9.17) is 10.5 Å². The van der Waals surface area contributed by atoms with Crippen molar-refractivity contribution in [3.05, 3.63) is 35.1 Å². The van der Waals surface area contributed by atoms with Gasteiger partial charge in [-0.2, -0.15) is 0 Å². The normalized spacial score (nSPS) is 15.0. The molecule has 1 aliphatic heterocycles. The van der Waals surface area contributed by atoms with Crippen molar-refractivity contribution in [3.63, 3.8) is 0 Å². The molecule has 1 aromatic heterocycles. The Morgan fingerprint density at radius 2 is 2.05 bits per heavy atom. The number of halogens is 1. The van der Waals surface area contributed by atoms with Crippen LogP contribution in [-0.4, -0.2) is 36.3 Å². The molecule has 0 amide bonds. The Kier molecular flexibility index (Phi) is 4.21. The van der Waals surface area contributed by atoms with Crippen molar-refractivity contribution in [2.24, 2.45) is 0 Å². The van der Waals surface area contributed by atoms with Crippen molar-refractivity contribution in [1.29, 1.82) is 0 Å². The first-order valence-corrected chi connectivity index (χ1v) is 7.49. The number of nitrogens with zero attached hydrogens (tertiary/aromatic N) is 3. The lowest BCUT2D eigenvalue weighted by Crippen LogP contribution is -2.37. The summed E-state index contributed by atoms with van der Waals surface area (Å²) in [5.41, 5.74) is 7.69. The van der Waals surface area contributed by atoms with Crippen LogP contribution in [0.5, 0.6) is 0 Å². The number of aromatic nitrogens is 2. The number of anilines is 4. The summed E-state index contributed by atoms with van der Waals surface area (Å²) in [7, 11) is 0. The van der Waals surface area contributed by atoms with E-state index in [1.165, 1.54) is 6.33 Å². The fraction of sp³-hybridized carbons (Fsp3) is 0.286. The Morgan fingerprint density at radius 1 is 1.24 bits per heavy atom. The summed E-state index contributed by atoms with van der Waals surface area (Å²) in [5, 5.41) is 3.23. The fourth-order valence-corrected chi connectivity index (χ4v) is 2.62. The molecule has 0 unspecified atom stereocenters. The van der Waals surface area contributed by atoms with Gasteiger partial charge in [0.15, 0.2) is 11.6 Å². The van der Waals surface area contributed by atoms with Crippen molar-refractivity contribution in [2.75, 3.05) is 42.3 Å². The molecular weight excluding hydrogens is 334 g/mol. The van der Waals surface area contributed by atoms with Crippen molar-refractivity contribution >= 4 is 38.9 Å². The third-order valence-electron chi connectivity index (χ3n) is 3.26. The summed E-state index contributed by atoms with van der Waals surface area (Å²) in [4.78, 5) is 10.7. The van der Waals surface area contributed by atoms with Gasteiger partial charge in [0.05, 0.1) is 13.2 Å². The summed E-state index contributed by atoms with van der Waals surface area (Å²) in [5.74, 6) is 1.37. The molecule has 0 aliphatic carbocycles. The predicted molar refractivity (Wildman–Crippen MR) is 86.9 cm³/mol. The monoisotopic (exact) mass is 349 g/mol. The minimum atomic E-state index is 0.555. The van der Waals surface area contributed by atoms with E-state index in [2.05, 4.69) is 36.1 Å². The van der Waals surface area contributed by atoms with E-state index in [-0.39, 0.29) is 0 Å². The molecule has 0 atom stereocenters. The second kappa shape index (κ2) is 6.28. The first-order valence-electron chi connectivity index (χ1n) is 6.70. The molecule has 21 heavy (non-hydrogen) atoms. The first kappa shape index (κ1) is 14.1. The lowest BCUT2D eigenvalue weighted by atomic mass is 10.3. The van der Waals surface area contributed by atoms with E-state index < -0.39 is 0 Å². The standard InChI is InChI=1S/C14H16BrN5O/c15-10-2-1-3-11(8-10)19-13-12(16)14(18-9-17-13)20-4-6-21-7-5-20/h1-3,8-9H,4-7,16H2,(H,17,18,19). The van der Waals surface area contributed by atoms with Gasteiger partial charge in [-0.3, -0.25) is 0 Å². The maximum atomic E-state index is 6.22. The zero-order valence-electron chi connectivity index (χ0n) is 11.4. The molecule has 6 nitrogen and oxygen atoms in total. The predicted octanol–water partition coefficient (Wildman–Crippen LogP) is 2.40. The zero-order valence-corrected chi connectivity index (χ0v) is 13.0. The molecule has 1 aliphatic rings. The van der Waals surface area contributed by atoms with E-state index in [9.17, 15) is 0 Å². The van der Waals surface area contributed by atoms with E-state index in [0.29, 0.717) is 24.7 Å². The lowest BCUT2D eigenvalue weighted by Gasteiger charge is -2.28. The summed E-state index contributed by atoms with van der Waals surface area (Å²) >= 11 is 3.44. The number of rotatable bonds is 3. The average molecular weight is 350 g/mol. The highest BCUT2D eigenvalue weighted by Crippen LogP contribution is 2.29. The van der Waals surface area contributed by atoms with Crippen molar-refractivity contribution in [2.45, 2.75) is 0 Å². The fourth-order valence-electron chi connectivity index (χ4n) is 2.22. The SMILES string of the molecule is Nc1c(Nc2cccc(Br)c2)ncnc1N1CCOCC1. The molecular formula is C14H16BrN5O. The number of hydrogen-bond donors (Lipinski definition) is 2. The van der Waals surface area contributed by atoms with E-state index >= 15 is 0 Å². The highest BCUT2D eigenvalue weighted by molar-refractivity contribution is 9.10. The van der Waals surface area contributed by atoms with Crippen LogP contribution in [0.1, 0.15) is 0 Å². The van der Waals surface area contributed by atoms with Gasteiger partial charge in [0.1, 0.15) is 12.0 Å². The molecule has 110 valence electrons. The molecule has 7 heteroatoms. The van der Waals surface area contributed by atoms with Gasteiger partial charge in [-0.25, -0.2) is 9.97 Å². The molecule has 1 aromatic carbocycles. The topological polar surface area (TPSA) is 76.3 Å². The molecule has 1 saturated heterocycles. The second-order valence-electron chi connectivity index (χ2n) is 4.69. The van der Waals surface area contributed by atoms with Gasteiger partial charge in [0, 0.05) is 23.2 Å². The van der Waals surface area contributed by atoms with Crippen LogP contribution in [0.15, 0.2) is 35.1 Å². The summed E-state index contributed by atoms with van der Waals surface area (Å²) in [6, 6.07) is 7.84. The number of nitrogens with one attached hydrogen (secondary N) is 1. The van der Waals surface area contributed by atoms with Gasteiger partial charge < -0.3 is 20.7 Å². The van der Waals surface area contributed by atoms with Gasteiger partial charge in [-0.05, 0) is 18.2 Å². The van der Waals surface area contributed by atoms with Crippen LogP contribution in [0.25, 0.3) is 0 Å². The smallest absolute Gasteiger partial charge is 0.159 e. The number of nitrogens with two attached hydrogens (primary N) is 1. The third kappa shape index (κ3) is 3.25. The van der Waals surface area contributed by atoms with Crippen molar-refractivity contribution in [3.8, 4) is 0 Å². The van der Waals surface area contributed by atoms with Gasteiger partial charge in [0.2, 0.25) is 0 Å². The van der Waals surface area contributed by atoms with Gasteiger partial charge in [-0.15, -0.1) is 0 Å². The molecule has 3 N–H and O–H groups in total. The Hall–Kier alpha value is -1.86. The Morgan fingerprint density at radius 3 is 2.81 bits per heavy atom. The van der Waals surface area contributed by atoms with Crippen LogP contribution in [0, 0.1) is 0 Å². The van der Waals surface area contributed by atoms with Crippen LogP contribution in [0.4, 0.5) is 23.0 Å². The largest absolute Gasteiger partial charge is 0.393 e. The maximum absolute atomic E-state index is 6.22. The summed E-state index contributed by atoms with van der Waals surface area (Å²) < 4.78 is 6.35. The van der Waals surface area contributed by atoms with Crippen LogP contribution < -0.4 is 16.0 Å². The van der Waals surface area contributed by atoms with Crippen LogP contribution in [0.3, 0.4) is 0 Å². The molecule has 0 bridgehead atoms. The quantitative estimate of drug-likeness (QED) is 0.885. The van der Waals surface area contributed by atoms with Crippen LogP contribution >= 0.6 is 15.9 Å². The highest BCUT2D eigenvalue weighted by atomic mass is 79.9. The van der Waals surface area contributed by atoms with Crippen molar-refractivity contribution < 1.29 is 4.74 Å². The molecule has 2 aromatic rings. The summed E-state index contributed by atoms with van der Waals surface area (Å²) in [6.45, 7) is 2.96. The molecule has 0 radical (unpaired) electrons. The van der Waals surface area contributed by atoms with E-state index in [1.54, 1.807) is 0 Å². The number of benzene rings is 1. The number of ether oxygens (including phenoxy) is 1. The number of morpholine rings is 1. The second-order valence-corrected chi connectivity index (χ2v) is 5.61. The minimum Gasteiger partial charge on any atom is -0.393 e. The Balaban J connectivity index is 1.86. The zero-order chi connectivity index (χ0) is 14.7. The highest BCUT2D eigenvalue weighted by Gasteiger charge is 2.17. The van der Waals surface area contributed by atoms with Gasteiger partial charge >= 0.3 is 0 Å². The van der Waals surface area contributed by atoms with Crippen molar-refractivity contribution in [1.82, 2.24) is 9.97 Å². The average Bonchev–Trinajstić information content (AvgIpc) is 2.50. The molecule has 2 heterocycles. The Bertz CT molecular complexity index is 631. The van der Waals surface area contributed by atoms with Gasteiger partial charge in [0.25, 0.3) is 0 Å². The summed E-state index contributed by atoms with van der Waals surface area (Å²) in [6.07, 6.45) is 1.53. The number of nitrogen functional groups attached to an aromatic ring is 1. The molecule has 0 spiro atoms. The lowest BCUT2D eigenvalue weighted by molar-refractivity contribution is 0.122.